The second-order valence-electron chi connectivity index (χ2n) is 6.22. The van der Waals surface area contributed by atoms with E-state index in [9.17, 15) is 8.42 Å². The minimum absolute atomic E-state index is 0. The number of hydrogen-bond donors (Lipinski definition) is 1. The molecule has 1 aliphatic heterocycles. The van der Waals surface area contributed by atoms with Crippen LogP contribution in [0.25, 0.3) is 11.4 Å². The fraction of sp³-hybridized carbons (Fsp3) is 0.444. The van der Waals surface area contributed by atoms with E-state index in [-0.39, 0.29) is 23.4 Å². The highest BCUT2D eigenvalue weighted by molar-refractivity contribution is 7.89. The number of ether oxygens (including phenoxy) is 1. The van der Waals surface area contributed by atoms with E-state index in [1.165, 1.54) is 16.7 Å². The molecule has 0 unspecified atom stereocenters. The highest BCUT2D eigenvalue weighted by Gasteiger charge is 2.30. The first kappa shape index (κ1) is 21.7. The molecule has 27 heavy (non-hydrogen) atoms. The Kier molecular flexibility index (Phi) is 8.12. The Labute approximate surface area is 166 Å². The Balaban J connectivity index is 0.00000261. The largest absolute Gasteiger partial charge is 0.378 e. The van der Waals surface area contributed by atoms with Gasteiger partial charge in [-0.1, -0.05) is 30.3 Å². The molecule has 1 aromatic heterocycles. The van der Waals surface area contributed by atoms with Gasteiger partial charge in [-0.25, -0.2) is 18.4 Å². The molecular weight excluding hydrogens is 388 g/mol. The van der Waals surface area contributed by atoms with Crippen molar-refractivity contribution in [1.82, 2.24) is 14.3 Å². The molecule has 0 bridgehead atoms. The van der Waals surface area contributed by atoms with Gasteiger partial charge in [0.2, 0.25) is 10.0 Å². The van der Waals surface area contributed by atoms with Crippen molar-refractivity contribution in [1.29, 1.82) is 0 Å². The fourth-order valence-electron chi connectivity index (χ4n) is 2.91. The Morgan fingerprint density at radius 2 is 1.74 bits per heavy atom. The van der Waals surface area contributed by atoms with Crippen LogP contribution in [0.3, 0.4) is 0 Å². The van der Waals surface area contributed by atoms with E-state index in [4.69, 9.17) is 10.5 Å². The summed E-state index contributed by atoms with van der Waals surface area (Å²) in [6.07, 6.45) is 5.07. The summed E-state index contributed by atoms with van der Waals surface area (Å²) in [5, 5.41) is 0. The molecule has 9 heteroatoms. The number of aromatic nitrogens is 2. The molecule has 0 spiro atoms. The van der Waals surface area contributed by atoms with Crippen molar-refractivity contribution in [2.24, 2.45) is 5.73 Å². The quantitative estimate of drug-likeness (QED) is 0.699. The summed E-state index contributed by atoms with van der Waals surface area (Å²) in [5.41, 5.74) is 6.31. The third-order valence-corrected chi connectivity index (χ3v) is 6.25. The molecule has 7 nitrogen and oxygen atoms in total. The van der Waals surface area contributed by atoms with Crippen LogP contribution in [-0.4, -0.2) is 55.0 Å². The summed E-state index contributed by atoms with van der Waals surface area (Å²) in [6.45, 7) is 2.11. The molecule has 0 atom stereocenters. The van der Waals surface area contributed by atoms with Crippen molar-refractivity contribution in [3.05, 3.63) is 42.7 Å². The molecule has 1 saturated heterocycles. The standard InChI is InChI=1S/C18H24N4O3S.ClH/c19-9-4-12-25-16-7-10-22(11-8-16)26(23,24)17-13-20-18(21-14-17)15-5-2-1-3-6-15;/h1-3,5-6,13-14,16H,4,7-12,19H2;1H. The van der Waals surface area contributed by atoms with Gasteiger partial charge in [-0.3, -0.25) is 0 Å². The van der Waals surface area contributed by atoms with Crippen LogP contribution in [0, 0.1) is 0 Å². The van der Waals surface area contributed by atoms with Gasteiger partial charge in [-0.05, 0) is 25.8 Å². The van der Waals surface area contributed by atoms with Crippen LogP contribution in [-0.2, 0) is 14.8 Å². The molecule has 0 aliphatic carbocycles. The first-order valence-electron chi connectivity index (χ1n) is 8.80. The lowest BCUT2D eigenvalue weighted by atomic mass is 10.1. The summed E-state index contributed by atoms with van der Waals surface area (Å²) < 4.78 is 32.8. The zero-order chi connectivity index (χ0) is 18.4. The monoisotopic (exact) mass is 412 g/mol. The van der Waals surface area contributed by atoms with Gasteiger partial charge < -0.3 is 10.5 Å². The van der Waals surface area contributed by atoms with E-state index in [1.807, 2.05) is 30.3 Å². The molecular formula is C18H25ClN4O3S. The highest BCUT2D eigenvalue weighted by atomic mass is 35.5. The van der Waals surface area contributed by atoms with Gasteiger partial charge in [-0.15, -0.1) is 12.4 Å². The van der Waals surface area contributed by atoms with Gasteiger partial charge in [0.25, 0.3) is 0 Å². The summed E-state index contributed by atoms with van der Waals surface area (Å²) in [4.78, 5) is 8.57. The summed E-state index contributed by atoms with van der Waals surface area (Å²) in [5.74, 6) is 0.511. The number of nitrogens with zero attached hydrogens (tertiary/aromatic N) is 3. The van der Waals surface area contributed by atoms with Crippen LogP contribution < -0.4 is 5.73 Å². The number of sulfonamides is 1. The lowest BCUT2D eigenvalue weighted by Crippen LogP contribution is -2.41. The second-order valence-corrected chi connectivity index (χ2v) is 8.16. The molecule has 1 aromatic carbocycles. The number of piperidine rings is 1. The van der Waals surface area contributed by atoms with Crippen LogP contribution in [0.2, 0.25) is 0 Å². The third-order valence-electron chi connectivity index (χ3n) is 4.40. The van der Waals surface area contributed by atoms with Gasteiger partial charge in [0.15, 0.2) is 5.82 Å². The van der Waals surface area contributed by atoms with Crippen molar-refractivity contribution >= 4 is 22.4 Å². The van der Waals surface area contributed by atoms with Gasteiger partial charge in [0.05, 0.1) is 18.5 Å². The molecule has 3 rings (SSSR count). The van der Waals surface area contributed by atoms with E-state index >= 15 is 0 Å². The first-order chi connectivity index (χ1) is 12.6. The van der Waals surface area contributed by atoms with E-state index in [2.05, 4.69) is 9.97 Å². The lowest BCUT2D eigenvalue weighted by molar-refractivity contribution is 0.0209. The number of benzene rings is 1. The molecule has 2 N–H and O–H groups in total. The van der Waals surface area contributed by atoms with E-state index in [0.717, 1.165) is 12.0 Å². The van der Waals surface area contributed by atoms with E-state index in [0.29, 0.717) is 44.9 Å². The average Bonchev–Trinajstić information content (AvgIpc) is 2.69. The van der Waals surface area contributed by atoms with Gasteiger partial charge in [0.1, 0.15) is 4.90 Å². The van der Waals surface area contributed by atoms with Crippen LogP contribution in [0.4, 0.5) is 0 Å². The van der Waals surface area contributed by atoms with Gasteiger partial charge in [0, 0.05) is 25.3 Å². The van der Waals surface area contributed by atoms with Crippen molar-refractivity contribution < 1.29 is 13.2 Å². The van der Waals surface area contributed by atoms with Crippen molar-refractivity contribution in [2.75, 3.05) is 26.2 Å². The molecule has 2 aromatic rings. The maximum Gasteiger partial charge on any atom is 0.246 e. The first-order valence-corrected chi connectivity index (χ1v) is 10.2. The number of rotatable bonds is 7. The predicted molar refractivity (Wildman–Crippen MR) is 106 cm³/mol. The smallest absolute Gasteiger partial charge is 0.246 e. The van der Waals surface area contributed by atoms with E-state index < -0.39 is 10.0 Å². The SMILES string of the molecule is Cl.NCCCOC1CCN(S(=O)(=O)c2cnc(-c3ccccc3)nc2)CC1. The molecule has 0 radical (unpaired) electrons. The number of nitrogens with two attached hydrogens (primary N) is 1. The zero-order valence-corrected chi connectivity index (χ0v) is 16.7. The average molecular weight is 413 g/mol. The van der Waals surface area contributed by atoms with Crippen LogP contribution >= 0.6 is 12.4 Å². The van der Waals surface area contributed by atoms with Crippen molar-refractivity contribution in [3.63, 3.8) is 0 Å². The summed E-state index contributed by atoms with van der Waals surface area (Å²) >= 11 is 0. The third kappa shape index (κ3) is 5.46. The van der Waals surface area contributed by atoms with Gasteiger partial charge in [-0.2, -0.15) is 4.31 Å². The van der Waals surface area contributed by atoms with Crippen LogP contribution in [0.5, 0.6) is 0 Å². The maximum atomic E-state index is 12.8. The van der Waals surface area contributed by atoms with Crippen LogP contribution in [0.15, 0.2) is 47.6 Å². The Morgan fingerprint density at radius 3 is 2.33 bits per heavy atom. The fourth-order valence-corrected chi connectivity index (χ4v) is 4.27. The summed E-state index contributed by atoms with van der Waals surface area (Å²) in [6, 6.07) is 9.47. The Morgan fingerprint density at radius 1 is 1.11 bits per heavy atom. The van der Waals surface area contributed by atoms with Gasteiger partial charge >= 0.3 is 0 Å². The number of halogens is 1. The normalized spacial score (nSPS) is 16.0. The lowest BCUT2D eigenvalue weighted by Gasteiger charge is -2.31. The Hall–Kier alpha value is -1.58. The molecule has 0 saturated carbocycles. The minimum atomic E-state index is -3.58. The van der Waals surface area contributed by atoms with Crippen molar-refractivity contribution in [2.45, 2.75) is 30.3 Å². The minimum Gasteiger partial charge on any atom is -0.378 e. The maximum absolute atomic E-state index is 12.8. The topological polar surface area (TPSA) is 98.4 Å². The highest BCUT2D eigenvalue weighted by Crippen LogP contribution is 2.22. The molecule has 2 heterocycles. The van der Waals surface area contributed by atoms with Crippen molar-refractivity contribution in [3.8, 4) is 11.4 Å². The van der Waals surface area contributed by atoms with E-state index in [1.54, 1.807) is 0 Å². The number of hydrogen-bond acceptors (Lipinski definition) is 6. The second kappa shape index (κ2) is 10.1. The zero-order valence-electron chi connectivity index (χ0n) is 15.0. The predicted octanol–water partition coefficient (Wildman–Crippen LogP) is 2.08. The van der Waals surface area contributed by atoms with Crippen LogP contribution in [0.1, 0.15) is 19.3 Å². The summed E-state index contributed by atoms with van der Waals surface area (Å²) in [7, 11) is -3.58. The molecule has 148 valence electrons. The Bertz CT molecular complexity index is 795. The molecule has 1 aliphatic rings. The molecule has 0 amide bonds. The molecule has 1 fully saturated rings.